The molecule has 6 rings (SSSR count). The number of benzene rings is 2. The maximum atomic E-state index is 14.1. The Bertz CT molecular complexity index is 1540. The summed E-state index contributed by atoms with van der Waals surface area (Å²) in [5, 5.41) is 24.2. The van der Waals surface area contributed by atoms with E-state index in [4.69, 9.17) is 4.74 Å². The SMILES string of the molecule is C[B]c1cc(C[C@@H](OC(=O)N2CCC(N3CCc4ccccc4NC3=O)CC2)C(=O)N2CCC(N3CCC(O)(CC)CC3)CC2)cc(Br)c1O. The molecular formula is C37H50BBrN5O6. The lowest BCUT2D eigenvalue weighted by molar-refractivity contribution is -0.142. The van der Waals surface area contributed by atoms with Gasteiger partial charge in [0, 0.05) is 70.0 Å². The molecule has 11 nitrogen and oxygen atoms in total. The van der Waals surface area contributed by atoms with E-state index in [9.17, 15) is 24.6 Å². The number of ether oxygens (including phenoxy) is 1. The lowest BCUT2D eigenvalue weighted by Gasteiger charge is -2.44. The number of rotatable bonds is 8. The van der Waals surface area contributed by atoms with Gasteiger partial charge < -0.3 is 39.9 Å². The van der Waals surface area contributed by atoms with E-state index < -0.39 is 17.8 Å². The quantitative estimate of drug-likeness (QED) is 0.343. The van der Waals surface area contributed by atoms with Gasteiger partial charge in [-0.2, -0.15) is 0 Å². The summed E-state index contributed by atoms with van der Waals surface area (Å²) in [5.41, 5.74) is 2.80. The molecule has 1 radical (unpaired) electrons. The van der Waals surface area contributed by atoms with Crippen LogP contribution in [-0.4, -0.2) is 125 Å². The number of piperidine rings is 3. The second-order valence-electron chi connectivity index (χ2n) is 14.3. The molecule has 0 aliphatic carbocycles. The van der Waals surface area contributed by atoms with E-state index >= 15 is 0 Å². The van der Waals surface area contributed by atoms with E-state index in [1.54, 1.807) is 18.2 Å². The Labute approximate surface area is 304 Å². The maximum Gasteiger partial charge on any atom is 0.410 e. The molecule has 3 N–H and O–H groups in total. The number of fused-ring (bicyclic) bond motifs is 1. The van der Waals surface area contributed by atoms with E-state index in [1.165, 1.54) is 0 Å². The van der Waals surface area contributed by atoms with Gasteiger partial charge in [-0.25, -0.2) is 9.59 Å². The van der Waals surface area contributed by atoms with Gasteiger partial charge in [0.05, 0.1) is 10.1 Å². The zero-order chi connectivity index (χ0) is 35.4. The van der Waals surface area contributed by atoms with E-state index in [0.29, 0.717) is 61.5 Å². The van der Waals surface area contributed by atoms with Crippen molar-refractivity contribution < 1.29 is 29.3 Å². The number of aliphatic hydroxyl groups is 1. The van der Waals surface area contributed by atoms with Crippen LogP contribution >= 0.6 is 15.9 Å². The van der Waals surface area contributed by atoms with Gasteiger partial charge in [0.2, 0.25) is 0 Å². The van der Waals surface area contributed by atoms with Crippen LogP contribution in [0.5, 0.6) is 5.75 Å². The highest BCUT2D eigenvalue weighted by Gasteiger charge is 2.38. The van der Waals surface area contributed by atoms with Crippen molar-refractivity contribution in [2.24, 2.45) is 0 Å². The molecule has 0 aromatic heterocycles. The molecule has 1 atom stereocenters. The lowest BCUT2D eigenvalue weighted by Crippen LogP contribution is -2.54. The number of phenols is 1. The highest BCUT2D eigenvalue weighted by Crippen LogP contribution is 2.30. The molecular weight excluding hydrogens is 701 g/mol. The monoisotopic (exact) mass is 750 g/mol. The summed E-state index contributed by atoms with van der Waals surface area (Å²) in [6.45, 7) is 8.22. The minimum absolute atomic E-state index is 0.000761. The third-order valence-corrected chi connectivity index (χ3v) is 12.0. The summed E-state index contributed by atoms with van der Waals surface area (Å²) in [6, 6.07) is 11.7. The van der Waals surface area contributed by atoms with Crippen LogP contribution in [0.3, 0.4) is 0 Å². The molecule has 4 aliphatic rings. The van der Waals surface area contributed by atoms with Crippen molar-refractivity contribution >= 4 is 52.4 Å². The minimum Gasteiger partial charge on any atom is -0.507 e. The normalized spacial score (nSPS) is 21.2. The average Bonchev–Trinajstić information content (AvgIpc) is 3.30. The standard InChI is InChI=1S/C37H50BBrN5O6/c1-3-37(49)13-20-41(21-14-37)27-9-15-42(16-10-27)34(46)32(24-25-22-29(38-2)33(45)30(39)23-25)50-36(48)43-17-11-28(12-18-43)44-19-8-26-6-4-5-7-31(26)40-35(44)47/h4-7,22-23,27-28,32,45,49H,3,8-21,24H2,1-2H3,(H,40,47)/t32-/m1/s1. The van der Waals surface area contributed by atoms with Gasteiger partial charge in [-0.05, 0) is 96.0 Å². The molecule has 0 bridgehead atoms. The second kappa shape index (κ2) is 15.9. The number of anilines is 1. The fourth-order valence-corrected chi connectivity index (χ4v) is 8.54. The highest BCUT2D eigenvalue weighted by molar-refractivity contribution is 9.10. The van der Waals surface area contributed by atoms with Crippen molar-refractivity contribution in [3.05, 3.63) is 52.0 Å². The Morgan fingerprint density at radius 2 is 1.66 bits per heavy atom. The Hall–Kier alpha value is -3.29. The summed E-state index contributed by atoms with van der Waals surface area (Å²) in [4.78, 5) is 48.7. The van der Waals surface area contributed by atoms with Crippen molar-refractivity contribution in [2.75, 3.05) is 51.1 Å². The molecule has 0 unspecified atom stereocenters. The molecule has 269 valence electrons. The van der Waals surface area contributed by atoms with Crippen molar-refractivity contribution in [1.29, 1.82) is 0 Å². The first-order chi connectivity index (χ1) is 24.1. The zero-order valence-electron chi connectivity index (χ0n) is 29.3. The van der Waals surface area contributed by atoms with Gasteiger partial charge in [0.1, 0.15) is 5.75 Å². The lowest BCUT2D eigenvalue weighted by atomic mass is 9.72. The van der Waals surface area contributed by atoms with Crippen LogP contribution < -0.4 is 10.8 Å². The molecule has 3 saturated heterocycles. The van der Waals surface area contributed by atoms with Gasteiger partial charge in [0.15, 0.2) is 13.4 Å². The van der Waals surface area contributed by atoms with Crippen LogP contribution in [0.25, 0.3) is 0 Å². The maximum absolute atomic E-state index is 14.1. The van der Waals surface area contributed by atoms with Gasteiger partial charge >= 0.3 is 12.1 Å². The van der Waals surface area contributed by atoms with E-state index in [0.717, 1.165) is 68.4 Å². The Morgan fingerprint density at radius 3 is 2.34 bits per heavy atom. The summed E-state index contributed by atoms with van der Waals surface area (Å²) >= 11 is 3.43. The number of carbonyl (C=O) groups is 3. The number of hydrogen-bond acceptors (Lipinski definition) is 7. The summed E-state index contributed by atoms with van der Waals surface area (Å²) in [6.07, 6.45) is 4.62. The number of aromatic hydroxyl groups is 1. The molecule has 50 heavy (non-hydrogen) atoms. The number of urea groups is 1. The Kier molecular flexibility index (Phi) is 11.6. The van der Waals surface area contributed by atoms with Gasteiger partial charge in [0.25, 0.3) is 5.91 Å². The summed E-state index contributed by atoms with van der Waals surface area (Å²) < 4.78 is 6.59. The molecule has 0 spiro atoms. The number of nitrogens with one attached hydrogen (secondary N) is 1. The van der Waals surface area contributed by atoms with Crippen molar-refractivity contribution in [3.8, 4) is 5.75 Å². The van der Waals surface area contributed by atoms with Crippen molar-refractivity contribution in [1.82, 2.24) is 19.6 Å². The van der Waals surface area contributed by atoms with Crippen molar-refractivity contribution in [3.63, 3.8) is 0 Å². The number of phenolic OH excluding ortho intramolecular Hbond substituents is 1. The van der Waals surface area contributed by atoms with Gasteiger partial charge in [-0.15, -0.1) is 0 Å². The number of para-hydroxylation sites is 1. The third-order valence-electron chi connectivity index (χ3n) is 11.4. The number of likely N-dealkylation sites (tertiary alicyclic amines) is 3. The molecule has 0 saturated carbocycles. The molecule has 13 heteroatoms. The molecule has 3 fully saturated rings. The Balaban J connectivity index is 1.09. The number of halogens is 1. The number of amides is 4. The van der Waals surface area contributed by atoms with Crippen LogP contribution in [0.4, 0.5) is 15.3 Å². The molecule has 2 aromatic rings. The van der Waals surface area contributed by atoms with E-state index in [-0.39, 0.29) is 30.2 Å². The fraction of sp³-hybridized carbons (Fsp3) is 0.595. The van der Waals surface area contributed by atoms with Crippen LogP contribution in [-0.2, 0) is 22.4 Å². The first-order valence-electron chi connectivity index (χ1n) is 18.2. The van der Waals surface area contributed by atoms with Gasteiger partial charge in [-0.3, -0.25) is 4.79 Å². The van der Waals surface area contributed by atoms with Crippen LogP contribution in [0, 0.1) is 0 Å². The first kappa shape index (κ1) is 36.5. The Morgan fingerprint density at radius 1 is 1.00 bits per heavy atom. The van der Waals surface area contributed by atoms with Crippen molar-refractivity contribution in [2.45, 2.75) is 95.3 Å². The molecule has 4 heterocycles. The molecule has 2 aromatic carbocycles. The smallest absolute Gasteiger partial charge is 0.410 e. The predicted molar refractivity (Wildman–Crippen MR) is 197 cm³/mol. The predicted octanol–water partition coefficient (Wildman–Crippen LogP) is 4.36. The average molecular weight is 752 g/mol. The zero-order valence-corrected chi connectivity index (χ0v) is 30.9. The second-order valence-corrected chi connectivity index (χ2v) is 15.2. The summed E-state index contributed by atoms with van der Waals surface area (Å²) in [7, 11) is 1.80. The number of hydrogen-bond donors (Lipinski definition) is 3. The van der Waals surface area contributed by atoms with E-state index in [2.05, 4.69) is 26.1 Å². The summed E-state index contributed by atoms with van der Waals surface area (Å²) in [5.74, 6) is -0.0872. The molecule has 4 amide bonds. The van der Waals surface area contributed by atoms with Crippen LogP contribution in [0.2, 0.25) is 6.82 Å². The van der Waals surface area contributed by atoms with Crippen LogP contribution in [0.1, 0.15) is 63.0 Å². The topological polar surface area (TPSA) is 126 Å². The van der Waals surface area contributed by atoms with Crippen LogP contribution in [0.15, 0.2) is 40.9 Å². The van der Waals surface area contributed by atoms with Gasteiger partial charge in [-0.1, -0.05) is 38.0 Å². The molecule has 4 aliphatic heterocycles. The highest BCUT2D eigenvalue weighted by atomic mass is 79.9. The number of nitrogens with zero attached hydrogens (tertiary/aromatic N) is 4. The largest absolute Gasteiger partial charge is 0.507 e. The minimum atomic E-state index is -1.03. The first-order valence-corrected chi connectivity index (χ1v) is 19.0. The fourth-order valence-electron chi connectivity index (χ4n) is 8.02. The third kappa shape index (κ3) is 8.26. The van der Waals surface area contributed by atoms with E-state index in [1.807, 2.05) is 53.9 Å². The number of carbonyl (C=O) groups excluding carboxylic acids is 3.